The Bertz CT molecular complexity index is 1040. The fraction of sp³-hybridized carbons (Fsp3) is 0.158. The second kappa shape index (κ2) is 9.53. The Morgan fingerprint density at radius 1 is 1.14 bits per heavy atom. The van der Waals surface area contributed by atoms with Crippen LogP contribution in [0.2, 0.25) is 5.02 Å². The first-order valence-corrected chi connectivity index (χ1v) is 9.90. The van der Waals surface area contributed by atoms with Crippen LogP contribution in [0.15, 0.2) is 53.7 Å². The molecule has 0 radical (unpaired) electrons. The minimum absolute atomic E-state index is 0.0412. The zero-order chi connectivity index (χ0) is 20.8. The predicted octanol–water partition coefficient (Wildman–Crippen LogP) is 3.27. The standard InChI is InChI=1S/C19H17ClFN5O2S/c1-26-16(10-22-18(28)12-6-2-4-8-14(12)21)24-25-19(26)29-11-17(27)23-15-9-5-3-7-13(15)20/h2-9H,10-11H2,1H3,(H,22,28)(H,23,27). The van der Waals surface area contributed by atoms with Crippen LogP contribution in [-0.4, -0.2) is 32.3 Å². The summed E-state index contributed by atoms with van der Waals surface area (Å²) in [6.45, 7) is 0.0725. The van der Waals surface area contributed by atoms with Gasteiger partial charge in [0.2, 0.25) is 5.91 Å². The van der Waals surface area contributed by atoms with Gasteiger partial charge in [-0.2, -0.15) is 0 Å². The maximum absolute atomic E-state index is 13.7. The molecule has 3 rings (SSSR count). The quantitative estimate of drug-likeness (QED) is 0.558. The van der Waals surface area contributed by atoms with Gasteiger partial charge in [0.25, 0.3) is 5.91 Å². The highest BCUT2D eigenvalue weighted by Crippen LogP contribution is 2.21. The van der Waals surface area contributed by atoms with E-state index in [1.165, 1.54) is 30.0 Å². The number of nitrogens with one attached hydrogen (secondary N) is 2. The van der Waals surface area contributed by atoms with E-state index in [4.69, 9.17) is 11.6 Å². The first-order chi connectivity index (χ1) is 14.0. The molecule has 0 saturated heterocycles. The van der Waals surface area contributed by atoms with Crippen molar-refractivity contribution in [1.29, 1.82) is 0 Å². The molecule has 3 aromatic rings. The van der Waals surface area contributed by atoms with E-state index < -0.39 is 11.7 Å². The first kappa shape index (κ1) is 20.8. The van der Waals surface area contributed by atoms with Crippen molar-refractivity contribution in [1.82, 2.24) is 20.1 Å². The molecule has 7 nitrogen and oxygen atoms in total. The Hall–Kier alpha value is -2.91. The fourth-order valence-corrected chi connectivity index (χ4v) is 3.32. The number of carbonyl (C=O) groups excluding carboxylic acids is 2. The average molecular weight is 434 g/mol. The third-order valence-electron chi connectivity index (χ3n) is 3.93. The Labute approximate surface area is 175 Å². The van der Waals surface area contributed by atoms with E-state index in [9.17, 15) is 14.0 Å². The van der Waals surface area contributed by atoms with Gasteiger partial charge in [0.15, 0.2) is 11.0 Å². The summed E-state index contributed by atoms with van der Waals surface area (Å²) in [7, 11) is 1.72. The van der Waals surface area contributed by atoms with Gasteiger partial charge in [-0.05, 0) is 24.3 Å². The van der Waals surface area contributed by atoms with Crippen LogP contribution >= 0.6 is 23.4 Å². The maximum atomic E-state index is 13.7. The van der Waals surface area contributed by atoms with Gasteiger partial charge in [-0.3, -0.25) is 9.59 Å². The van der Waals surface area contributed by atoms with E-state index in [-0.39, 0.29) is 23.8 Å². The molecule has 0 spiro atoms. The number of aromatic nitrogens is 3. The van der Waals surface area contributed by atoms with Crippen molar-refractivity contribution in [3.63, 3.8) is 0 Å². The molecule has 2 amide bonds. The summed E-state index contributed by atoms with van der Waals surface area (Å²) in [5.41, 5.74) is 0.495. The lowest BCUT2D eigenvalue weighted by Gasteiger charge is -2.08. The summed E-state index contributed by atoms with van der Waals surface area (Å²) in [6.07, 6.45) is 0. The molecule has 0 bridgehead atoms. The lowest BCUT2D eigenvalue weighted by atomic mass is 10.2. The van der Waals surface area contributed by atoms with Gasteiger partial charge in [0, 0.05) is 7.05 Å². The van der Waals surface area contributed by atoms with E-state index in [0.29, 0.717) is 21.7 Å². The molecule has 0 aliphatic heterocycles. The van der Waals surface area contributed by atoms with Gasteiger partial charge in [-0.1, -0.05) is 47.6 Å². The van der Waals surface area contributed by atoms with Crippen molar-refractivity contribution in [2.75, 3.05) is 11.1 Å². The van der Waals surface area contributed by atoms with Crippen molar-refractivity contribution < 1.29 is 14.0 Å². The number of para-hydroxylation sites is 1. The summed E-state index contributed by atoms with van der Waals surface area (Å²) in [6, 6.07) is 12.7. The Morgan fingerprint density at radius 2 is 1.86 bits per heavy atom. The summed E-state index contributed by atoms with van der Waals surface area (Å²) in [4.78, 5) is 24.2. The van der Waals surface area contributed by atoms with Crippen LogP contribution in [0.5, 0.6) is 0 Å². The summed E-state index contributed by atoms with van der Waals surface area (Å²) in [5, 5.41) is 14.3. The van der Waals surface area contributed by atoms with Crippen LogP contribution in [0.3, 0.4) is 0 Å². The number of rotatable bonds is 7. The number of carbonyl (C=O) groups is 2. The van der Waals surface area contributed by atoms with E-state index in [1.54, 1.807) is 41.9 Å². The lowest BCUT2D eigenvalue weighted by molar-refractivity contribution is -0.113. The van der Waals surface area contributed by atoms with Crippen LogP contribution in [0.25, 0.3) is 0 Å². The molecule has 150 valence electrons. The molecule has 10 heteroatoms. The van der Waals surface area contributed by atoms with Gasteiger partial charge in [-0.15, -0.1) is 10.2 Å². The average Bonchev–Trinajstić information content (AvgIpc) is 3.06. The number of thioether (sulfide) groups is 1. The number of benzene rings is 2. The number of nitrogens with zero attached hydrogens (tertiary/aromatic N) is 3. The lowest BCUT2D eigenvalue weighted by Crippen LogP contribution is -2.25. The molecule has 2 aromatic carbocycles. The van der Waals surface area contributed by atoms with Gasteiger partial charge in [0.05, 0.1) is 28.6 Å². The van der Waals surface area contributed by atoms with E-state index in [0.717, 1.165) is 0 Å². The molecule has 29 heavy (non-hydrogen) atoms. The van der Waals surface area contributed by atoms with Crippen molar-refractivity contribution >= 4 is 40.9 Å². The highest BCUT2D eigenvalue weighted by molar-refractivity contribution is 7.99. The van der Waals surface area contributed by atoms with Crippen LogP contribution in [0, 0.1) is 5.82 Å². The number of hydrogen-bond donors (Lipinski definition) is 2. The minimum Gasteiger partial charge on any atom is -0.345 e. The van der Waals surface area contributed by atoms with Crippen LogP contribution in [0.1, 0.15) is 16.2 Å². The van der Waals surface area contributed by atoms with Gasteiger partial charge >= 0.3 is 0 Å². The largest absolute Gasteiger partial charge is 0.345 e. The van der Waals surface area contributed by atoms with Crippen LogP contribution < -0.4 is 10.6 Å². The molecule has 0 saturated carbocycles. The molecule has 1 heterocycles. The second-order valence-corrected chi connectivity index (χ2v) is 7.29. The van der Waals surface area contributed by atoms with Gasteiger partial charge < -0.3 is 15.2 Å². The van der Waals surface area contributed by atoms with Gasteiger partial charge in [-0.25, -0.2) is 4.39 Å². The highest BCUT2D eigenvalue weighted by Gasteiger charge is 2.15. The maximum Gasteiger partial charge on any atom is 0.254 e. The summed E-state index contributed by atoms with van der Waals surface area (Å²) in [5.74, 6) is -0.786. The third-order valence-corrected chi connectivity index (χ3v) is 5.28. The molecule has 0 unspecified atom stereocenters. The SMILES string of the molecule is Cn1c(CNC(=O)c2ccccc2F)nnc1SCC(=O)Nc1ccccc1Cl. The number of halogens is 2. The van der Waals surface area contributed by atoms with E-state index in [1.807, 2.05) is 0 Å². The zero-order valence-corrected chi connectivity index (χ0v) is 16.9. The predicted molar refractivity (Wildman–Crippen MR) is 109 cm³/mol. The minimum atomic E-state index is -0.594. The molecule has 0 fully saturated rings. The Morgan fingerprint density at radius 3 is 2.62 bits per heavy atom. The van der Waals surface area contributed by atoms with E-state index >= 15 is 0 Å². The smallest absolute Gasteiger partial charge is 0.254 e. The van der Waals surface area contributed by atoms with Crippen molar-refractivity contribution in [2.24, 2.45) is 7.05 Å². The van der Waals surface area contributed by atoms with Crippen LogP contribution in [-0.2, 0) is 18.4 Å². The van der Waals surface area contributed by atoms with Crippen molar-refractivity contribution in [3.05, 3.63) is 70.8 Å². The van der Waals surface area contributed by atoms with Crippen molar-refractivity contribution in [3.8, 4) is 0 Å². The summed E-state index contributed by atoms with van der Waals surface area (Å²) < 4.78 is 15.3. The molecular weight excluding hydrogens is 417 g/mol. The molecule has 2 N–H and O–H groups in total. The van der Waals surface area contributed by atoms with E-state index in [2.05, 4.69) is 20.8 Å². The molecule has 0 aliphatic carbocycles. The Kier molecular flexibility index (Phi) is 6.84. The Balaban J connectivity index is 1.54. The van der Waals surface area contributed by atoms with Crippen LogP contribution in [0.4, 0.5) is 10.1 Å². The second-order valence-electron chi connectivity index (χ2n) is 5.94. The first-order valence-electron chi connectivity index (χ1n) is 8.54. The zero-order valence-electron chi connectivity index (χ0n) is 15.4. The fourth-order valence-electron chi connectivity index (χ4n) is 2.40. The highest BCUT2D eigenvalue weighted by atomic mass is 35.5. The number of anilines is 1. The van der Waals surface area contributed by atoms with Crippen molar-refractivity contribution in [2.45, 2.75) is 11.7 Å². The molecular formula is C19H17ClFN5O2S. The van der Waals surface area contributed by atoms with Gasteiger partial charge in [0.1, 0.15) is 5.82 Å². The third kappa shape index (κ3) is 5.33. The molecule has 1 aromatic heterocycles. The number of hydrogen-bond acceptors (Lipinski definition) is 5. The monoisotopic (exact) mass is 433 g/mol. The molecule has 0 aliphatic rings. The number of amides is 2. The normalized spacial score (nSPS) is 10.6. The summed E-state index contributed by atoms with van der Waals surface area (Å²) >= 11 is 7.22. The molecule has 0 atom stereocenters. The topological polar surface area (TPSA) is 88.9 Å².